The molecule has 0 bridgehead atoms. The summed E-state index contributed by atoms with van der Waals surface area (Å²) in [6, 6.07) is 7.06. The summed E-state index contributed by atoms with van der Waals surface area (Å²) in [6.45, 7) is 0.344. The summed E-state index contributed by atoms with van der Waals surface area (Å²) in [5, 5.41) is 20.5. The van der Waals surface area contributed by atoms with Gasteiger partial charge >= 0.3 is 0 Å². The van der Waals surface area contributed by atoms with Crippen molar-refractivity contribution in [1.82, 2.24) is 0 Å². The molecule has 7 nitrogen and oxygen atoms in total. The minimum Gasteiger partial charge on any atom is -0.502 e. The maximum atomic E-state index is 10.3. The molecule has 24 heavy (non-hydrogen) atoms. The number of rotatable bonds is 2. The van der Waals surface area contributed by atoms with Crippen molar-refractivity contribution in [2.24, 2.45) is 0 Å². The van der Waals surface area contributed by atoms with Crippen LogP contribution >= 0.6 is 0 Å². The van der Waals surface area contributed by atoms with E-state index in [9.17, 15) is 10.2 Å². The molecule has 0 aliphatic carbocycles. The maximum absolute atomic E-state index is 10.3. The summed E-state index contributed by atoms with van der Waals surface area (Å²) in [7, 11) is 2.98. The zero-order valence-corrected chi connectivity index (χ0v) is 13.2. The zero-order valence-electron chi connectivity index (χ0n) is 13.2. The lowest BCUT2D eigenvalue weighted by atomic mass is 9.89. The molecule has 0 saturated heterocycles. The standard InChI is InChI=1S/C17H16O6.H2O/c1-20-11-6-4-9-15-10(7-22-16(9)13(11)18)8-3-5-12(21-2)14(19)17(8)23-15;/h3-6,10,15,18-19H,7H2,1-2H3;1H2/t10-,15-;/m0./s1. The van der Waals surface area contributed by atoms with E-state index in [4.69, 9.17) is 18.9 Å². The Morgan fingerprint density at radius 1 is 0.917 bits per heavy atom. The Balaban J connectivity index is 0.00000169. The molecule has 4 N–H and O–H groups in total. The summed E-state index contributed by atoms with van der Waals surface area (Å²) in [5.41, 5.74) is 1.60. The molecular formula is C17H18O7. The van der Waals surface area contributed by atoms with Crippen molar-refractivity contribution in [2.75, 3.05) is 20.8 Å². The highest BCUT2D eigenvalue weighted by atomic mass is 16.5. The normalized spacial score (nSPS) is 19.8. The topological polar surface area (TPSA) is 109 Å². The lowest BCUT2D eigenvalue weighted by Gasteiger charge is -2.28. The summed E-state index contributed by atoms with van der Waals surface area (Å²) >= 11 is 0. The molecule has 7 heteroatoms. The Labute approximate surface area is 138 Å². The summed E-state index contributed by atoms with van der Waals surface area (Å²) < 4.78 is 21.9. The van der Waals surface area contributed by atoms with E-state index in [0.29, 0.717) is 29.6 Å². The summed E-state index contributed by atoms with van der Waals surface area (Å²) in [4.78, 5) is 0. The van der Waals surface area contributed by atoms with Gasteiger partial charge < -0.3 is 34.6 Å². The SMILES string of the molecule is COc1ccc2c(c1O)O[C@H]1c3ccc(OC)c(O)c3OC[C@@H]21.O. The fourth-order valence-corrected chi connectivity index (χ4v) is 3.26. The Hall–Kier alpha value is -2.80. The molecule has 2 aromatic rings. The lowest BCUT2D eigenvalue weighted by Crippen LogP contribution is -2.23. The number of benzene rings is 2. The van der Waals surface area contributed by atoms with Crippen LogP contribution < -0.4 is 18.9 Å². The highest BCUT2D eigenvalue weighted by molar-refractivity contribution is 5.62. The first-order chi connectivity index (χ1) is 11.2. The van der Waals surface area contributed by atoms with Gasteiger partial charge in [-0.05, 0) is 18.2 Å². The third kappa shape index (κ3) is 2.01. The van der Waals surface area contributed by atoms with Gasteiger partial charge in [0.15, 0.2) is 23.0 Å². The first-order valence-electron chi connectivity index (χ1n) is 7.24. The van der Waals surface area contributed by atoms with Gasteiger partial charge in [0.25, 0.3) is 0 Å². The number of hydrogen-bond donors (Lipinski definition) is 2. The lowest BCUT2D eigenvalue weighted by molar-refractivity contribution is 0.133. The molecule has 0 aromatic heterocycles. The molecular weight excluding hydrogens is 316 g/mol. The first kappa shape index (κ1) is 16.1. The van der Waals surface area contributed by atoms with Gasteiger partial charge in [0.2, 0.25) is 11.5 Å². The van der Waals surface area contributed by atoms with Crippen LogP contribution in [0.15, 0.2) is 24.3 Å². The van der Waals surface area contributed by atoms with Gasteiger partial charge in [0, 0.05) is 11.1 Å². The van der Waals surface area contributed by atoms with E-state index in [2.05, 4.69) is 0 Å². The predicted octanol–water partition coefficient (Wildman–Crippen LogP) is 1.90. The number of methoxy groups -OCH3 is 2. The Morgan fingerprint density at radius 2 is 1.50 bits per heavy atom. The Kier molecular flexibility index (Phi) is 3.81. The molecule has 128 valence electrons. The van der Waals surface area contributed by atoms with Gasteiger partial charge in [-0.3, -0.25) is 0 Å². The minimum atomic E-state index is -0.330. The molecule has 0 radical (unpaired) electrons. The fourth-order valence-electron chi connectivity index (χ4n) is 3.26. The zero-order chi connectivity index (χ0) is 16.1. The van der Waals surface area contributed by atoms with Crippen molar-refractivity contribution in [2.45, 2.75) is 12.0 Å². The highest BCUT2D eigenvalue weighted by Gasteiger charge is 2.43. The van der Waals surface area contributed by atoms with Gasteiger partial charge in [-0.1, -0.05) is 6.07 Å². The largest absolute Gasteiger partial charge is 0.502 e. The third-order valence-electron chi connectivity index (χ3n) is 4.41. The van der Waals surface area contributed by atoms with Gasteiger partial charge in [0.05, 0.1) is 26.7 Å². The van der Waals surface area contributed by atoms with Crippen LogP contribution in [0.3, 0.4) is 0 Å². The molecule has 2 aliphatic rings. The molecule has 2 atom stereocenters. The van der Waals surface area contributed by atoms with Crippen LogP contribution in [-0.4, -0.2) is 36.5 Å². The van der Waals surface area contributed by atoms with Crippen molar-refractivity contribution in [3.8, 4) is 34.5 Å². The molecule has 0 fully saturated rings. The maximum Gasteiger partial charge on any atom is 0.201 e. The second kappa shape index (κ2) is 5.68. The second-order valence-corrected chi connectivity index (χ2v) is 5.53. The van der Waals surface area contributed by atoms with Gasteiger partial charge in [-0.2, -0.15) is 0 Å². The fraction of sp³-hybridized carbons (Fsp3) is 0.294. The van der Waals surface area contributed by atoms with E-state index in [1.807, 2.05) is 12.1 Å². The number of phenolic OH excluding ortho intramolecular Hbond substituents is 2. The monoisotopic (exact) mass is 334 g/mol. The van der Waals surface area contributed by atoms with Crippen molar-refractivity contribution in [1.29, 1.82) is 0 Å². The molecule has 0 unspecified atom stereocenters. The van der Waals surface area contributed by atoms with Crippen LogP contribution in [0.5, 0.6) is 34.5 Å². The Morgan fingerprint density at radius 3 is 2.12 bits per heavy atom. The average molecular weight is 334 g/mol. The number of aromatic hydroxyl groups is 2. The summed E-state index contributed by atoms with van der Waals surface area (Å²) in [6.07, 6.45) is -0.330. The van der Waals surface area contributed by atoms with E-state index in [1.54, 1.807) is 12.1 Å². The van der Waals surface area contributed by atoms with E-state index in [1.165, 1.54) is 14.2 Å². The highest BCUT2D eigenvalue weighted by Crippen LogP contribution is 2.57. The van der Waals surface area contributed by atoms with Crippen molar-refractivity contribution in [3.05, 3.63) is 35.4 Å². The molecule has 4 rings (SSSR count). The van der Waals surface area contributed by atoms with Crippen LogP contribution in [0.1, 0.15) is 23.1 Å². The third-order valence-corrected chi connectivity index (χ3v) is 4.41. The quantitative estimate of drug-likeness (QED) is 0.868. The van der Waals surface area contributed by atoms with Crippen molar-refractivity contribution >= 4 is 0 Å². The summed E-state index contributed by atoms with van der Waals surface area (Å²) in [5.74, 6) is 1.38. The molecule has 2 aromatic carbocycles. The van der Waals surface area contributed by atoms with Gasteiger partial charge in [-0.15, -0.1) is 0 Å². The molecule has 0 saturated carbocycles. The van der Waals surface area contributed by atoms with E-state index in [0.717, 1.165) is 11.1 Å². The number of hydrogen-bond acceptors (Lipinski definition) is 6. The molecule has 2 aliphatic heterocycles. The van der Waals surface area contributed by atoms with Crippen molar-refractivity contribution < 1.29 is 34.6 Å². The van der Waals surface area contributed by atoms with Gasteiger partial charge in [0.1, 0.15) is 6.10 Å². The first-order valence-corrected chi connectivity index (χ1v) is 7.24. The van der Waals surface area contributed by atoms with Crippen LogP contribution in [-0.2, 0) is 0 Å². The van der Waals surface area contributed by atoms with E-state index in [-0.39, 0.29) is 29.0 Å². The number of ether oxygens (including phenoxy) is 4. The predicted molar refractivity (Wildman–Crippen MR) is 84.5 cm³/mol. The molecule has 0 amide bonds. The smallest absolute Gasteiger partial charge is 0.201 e. The van der Waals surface area contributed by atoms with Gasteiger partial charge in [-0.25, -0.2) is 0 Å². The van der Waals surface area contributed by atoms with Crippen LogP contribution in [0, 0.1) is 0 Å². The number of fused-ring (bicyclic) bond motifs is 5. The van der Waals surface area contributed by atoms with E-state index >= 15 is 0 Å². The molecule has 2 heterocycles. The van der Waals surface area contributed by atoms with Crippen molar-refractivity contribution in [3.63, 3.8) is 0 Å². The Bertz CT molecular complexity index is 787. The van der Waals surface area contributed by atoms with Crippen LogP contribution in [0.2, 0.25) is 0 Å². The number of phenols is 2. The molecule has 0 spiro atoms. The second-order valence-electron chi connectivity index (χ2n) is 5.53. The van der Waals surface area contributed by atoms with E-state index < -0.39 is 0 Å². The minimum absolute atomic E-state index is 0. The van der Waals surface area contributed by atoms with Crippen LogP contribution in [0.4, 0.5) is 0 Å². The average Bonchev–Trinajstić information content (AvgIpc) is 2.95. The van der Waals surface area contributed by atoms with Crippen LogP contribution in [0.25, 0.3) is 0 Å².